The molecule has 174 valence electrons. The Morgan fingerprint density at radius 1 is 0.914 bits per heavy atom. The first-order valence-corrected chi connectivity index (χ1v) is 11.2. The van der Waals surface area contributed by atoms with Crippen molar-refractivity contribution in [1.82, 2.24) is 10.3 Å². The van der Waals surface area contributed by atoms with Gasteiger partial charge in [0.2, 0.25) is 5.89 Å². The molecule has 5 rings (SSSR count). The number of fused-ring (bicyclic) bond motifs is 3. The summed E-state index contributed by atoms with van der Waals surface area (Å²) >= 11 is 5.36. The van der Waals surface area contributed by atoms with E-state index in [2.05, 4.69) is 10.6 Å². The van der Waals surface area contributed by atoms with Crippen molar-refractivity contribution in [2.75, 3.05) is 19.5 Å². The Balaban J connectivity index is 1.35. The van der Waals surface area contributed by atoms with E-state index in [9.17, 15) is 4.79 Å². The molecule has 0 spiro atoms. The number of ether oxygens (including phenoxy) is 2. The molecule has 4 aromatic carbocycles. The molecule has 0 aliphatic carbocycles. The molecule has 0 atom stereocenters. The van der Waals surface area contributed by atoms with Gasteiger partial charge in [-0.1, -0.05) is 36.4 Å². The van der Waals surface area contributed by atoms with Crippen molar-refractivity contribution in [2.24, 2.45) is 0 Å². The van der Waals surface area contributed by atoms with Gasteiger partial charge in [0.15, 0.2) is 10.7 Å². The lowest BCUT2D eigenvalue weighted by Gasteiger charge is -2.12. The van der Waals surface area contributed by atoms with Crippen LogP contribution < -0.4 is 20.1 Å². The van der Waals surface area contributed by atoms with Crippen LogP contribution in [0.3, 0.4) is 0 Å². The predicted octanol–water partition coefficient (Wildman–Crippen LogP) is 5.79. The first kappa shape index (κ1) is 22.4. The zero-order valence-electron chi connectivity index (χ0n) is 19.0. The molecule has 0 aliphatic rings. The van der Waals surface area contributed by atoms with Gasteiger partial charge < -0.3 is 19.2 Å². The van der Waals surface area contributed by atoms with Gasteiger partial charge in [-0.25, -0.2) is 4.98 Å². The van der Waals surface area contributed by atoms with Gasteiger partial charge in [-0.3, -0.25) is 10.1 Å². The lowest BCUT2D eigenvalue weighted by molar-refractivity contribution is 0.0977. The number of nitrogens with zero attached hydrogens (tertiary/aromatic N) is 1. The van der Waals surface area contributed by atoms with Gasteiger partial charge in [-0.15, -0.1) is 0 Å². The standard InChI is InChI=1S/C27H21N3O4S/c1-32-20-13-18(14-21(15-20)33-2)25(31)30-27(35)28-19-8-5-7-17(12-19)26-29-24-22-9-4-3-6-16(22)10-11-23(24)34-26/h3-15H,1-2H3,(H2,28,30,31,35). The molecular formula is C27H21N3O4S. The molecule has 8 heteroatoms. The highest BCUT2D eigenvalue weighted by molar-refractivity contribution is 7.80. The van der Waals surface area contributed by atoms with E-state index in [-0.39, 0.29) is 11.0 Å². The third kappa shape index (κ3) is 4.64. The van der Waals surface area contributed by atoms with Crippen molar-refractivity contribution in [2.45, 2.75) is 0 Å². The number of carbonyl (C=O) groups excluding carboxylic acids is 1. The second-order valence-corrected chi connectivity index (χ2v) is 8.15. The van der Waals surface area contributed by atoms with Crippen molar-refractivity contribution in [1.29, 1.82) is 0 Å². The molecule has 0 saturated carbocycles. The summed E-state index contributed by atoms with van der Waals surface area (Å²) in [7, 11) is 3.05. The van der Waals surface area contributed by atoms with Crippen LogP contribution in [0.1, 0.15) is 10.4 Å². The number of anilines is 1. The summed E-state index contributed by atoms with van der Waals surface area (Å²) in [6.07, 6.45) is 0. The Labute approximate surface area is 206 Å². The van der Waals surface area contributed by atoms with Gasteiger partial charge in [-0.05, 0) is 54.0 Å². The normalized spacial score (nSPS) is 10.8. The van der Waals surface area contributed by atoms with E-state index in [1.807, 2.05) is 60.7 Å². The van der Waals surface area contributed by atoms with E-state index in [0.29, 0.717) is 34.2 Å². The molecule has 1 amide bonds. The van der Waals surface area contributed by atoms with Crippen molar-refractivity contribution in [3.8, 4) is 23.0 Å². The maximum atomic E-state index is 12.7. The van der Waals surface area contributed by atoms with Crippen LogP contribution >= 0.6 is 12.2 Å². The monoisotopic (exact) mass is 483 g/mol. The van der Waals surface area contributed by atoms with Gasteiger partial charge in [0, 0.05) is 28.3 Å². The average Bonchev–Trinajstić information content (AvgIpc) is 3.33. The molecular weight excluding hydrogens is 462 g/mol. The van der Waals surface area contributed by atoms with Crippen LogP contribution in [0, 0.1) is 0 Å². The van der Waals surface area contributed by atoms with Crippen LogP contribution in [-0.4, -0.2) is 30.2 Å². The number of hydrogen-bond acceptors (Lipinski definition) is 6. The predicted molar refractivity (Wildman–Crippen MR) is 140 cm³/mol. The lowest BCUT2D eigenvalue weighted by Crippen LogP contribution is -2.34. The van der Waals surface area contributed by atoms with Gasteiger partial charge in [0.25, 0.3) is 5.91 Å². The maximum Gasteiger partial charge on any atom is 0.257 e. The van der Waals surface area contributed by atoms with Crippen LogP contribution in [0.4, 0.5) is 5.69 Å². The van der Waals surface area contributed by atoms with Crippen LogP contribution in [-0.2, 0) is 0 Å². The first-order valence-electron chi connectivity index (χ1n) is 10.8. The minimum absolute atomic E-state index is 0.150. The third-order valence-electron chi connectivity index (χ3n) is 5.49. The lowest BCUT2D eigenvalue weighted by atomic mass is 10.1. The summed E-state index contributed by atoms with van der Waals surface area (Å²) in [5.74, 6) is 1.12. The SMILES string of the molecule is COc1cc(OC)cc(C(=O)NC(=S)Nc2cccc(-c3nc4c(ccc5ccccc54)o3)c2)c1. The maximum absolute atomic E-state index is 12.7. The molecule has 0 unspecified atom stereocenters. The van der Waals surface area contributed by atoms with E-state index >= 15 is 0 Å². The number of hydrogen-bond donors (Lipinski definition) is 2. The number of nitrogens with one attached hydrogen (secondary N) is 2. The highest BCUT2D eigenvalue weighted by Crippen LogP contribution is 2.30. The molecule has 0 bridgehead atoms. The minimum Gasteiger partial charge on any atom is -0.497 e. The fraction of sp³-hybridized carbons (Fsp3) is 0.0741. The summed E-state index contributed by atoms with van der Waals surface area (Å²) in [6, 6.07) is 24.4. The Bertz CT molecular complexity index is 1560. The van der Waals surface area contributed by atoms with E-state index in [1.165, 1.54) is 14.2 Å². The molecule has 1 heterocycles. The summed E-state index contributed by atoms with van der Waals surface area (Å²) in [5.41, 5.74) is 3.35. The van der Waals surface area contributed by atoms with Crippen LogP contribution in [0.25, 0.3) is 33.3 Å². The number of carbonyl (C=O) groups is 1. The van der Waals surface area contributed by atoms with Gasteiger partial charge >= 0.3 is 0 Å². The fourth-order valence-corrected chi connectivity index (χ4v) is 4.00. The summed E-state index contributed by atoms with van der Waals surface area (Å²) in [4.78, 5) is 17.4. The molecule has 1 aromatic heterocycles. The Hall–Kier alpha value is -4.43. The molecule has 2 N–H and O–H groups in total. The topological polar surface area (TPSA) is 85.6 Å². The molecule has 0 saturated heterocycles. The van der Waals surface area contributed by atoms with E-state index in [4.69, 9.17) is 31.1 Å². The zero-order chi connectivity index (χ0) is 24.4. The number of methoxy groups -OCH3 is 2. The second kappa shape index (κ2) is 9.44. The van der Waals surface area contributed by atoms with Crippen LogP contribution in [0.5, 0.6) is 11.5 Å². The van der Waals surface area contributed by atoms with Crippen molar-refractivity contribution in [3.05, 3.63) is 84.4 Å². The highest BCUT2D eigenvalue weighted by atomic mass is 32.1. The second-order valence-electron chi connectivity index (χ2n) is 7.74. The Morgan fingerprint density at radius 2 is 1.69 bits per heavy atom. The summed E-state index contributed by atoms with van der Waals surface area (Å²) in [6.45, 7) is 0. The Kier molecular flexibility index (Phi) is 6.03. The summed E-state index contributed by atoms with van der Waals surface area (Å²) in [5, 5.41) is 8.01. The molecule has 0 fully saturated rings. The van der Waals surface area contributed by atoms with Crippen molar-refractivity contribution < 1.29 is 18.7 Å². The molecule has 5 aromatic rings. The number of rotatable bonds is 5. The summed E-state index contributed by atoms with van der Waals surface area (Å²) < 4.78 is 16.5. The number of aromatic nitrogens is 1. The van der Waals surface area contributed by atoms with E-state index < -0.39 is 0 Å². The highest BCUT2D eigenvalue weighted by Gasteiger charge is 2.14. The number of benzene rings is 4. The van der Waals surface area contributed by atoms with Gasteiger partial charge in [0.05, 0.1) is 14.2 Å². The molecule has 7 nitrogen and oxygen atoms in total. The average molecular weight is 484 g/mol. The largest absolute Gasteiger partial charge is 0.497 e. The van der Waals surface area contributed by atoms with Gasteiger partial charge in [-0.2, -0.15) is 0 Å². The van der Waals surface area contributed by atoms with Crippen LogP contribution in [0.2, 0.25) is 0 Å². The third-order valence-corrected chi connectivity index (χ3v) is 5.70. The number of thiocarbonyl (C=S) groups is 1. The molecule has 0 radical (unpaired) electrons. The van der Waals surface area contributed by atoms with Crippen molar-refractivity contribution >= 4 is 50.8 Å². The van der Waals surface area contributed by atoms with Crippen molar-refractivity contribution in [3.63, 3.8) is 0 Å². The smallest absolute Gasteiger partial charge is 0.257 e. The molecule has 35 heavy (non-hydrogen) atoms. The van der Waals surface area contributed by atoms with E-state index in [1.54, 1.807) is 18.2 Å². The zero-order valence-corrected chi connectivity index (χ0v) is 19.8. The first-order chi connectivity index (χ1) is 17.0. The van der Waals surface area contributed by atoms with Crippen LogP contribution in [0.15, 0.2) is 83.3 Å². The number of amides is 1. The quantitative estimate of drug-likeness (QED) is 0.306. The fourth-order valence-electron chi connectivity index (χ4n) is 3.79. The van der Waals surface area contributed by atoms with E-state index in [0.717, 1.165) is 21.9 Å². The minimum atomic E-state index is -0.387. The van der Waals surface area contributed by atoms with Gasteiger partial charge in [0.1, 0.15) is 17.0 Å². The Morgan fingerprint density at radius 3 is 2.46 bits per heavy atom. The number of oxazole rings is 1. The molecule has 0 aliphatic heterocycles.